The molecule has 26 heavy (non-hydrogen) atoms. The number of hydrogen-bond donors (Lipinski definition) is 1. The number of ketones is 1. The fraction of sp³-hybridized carbons (Fsp3) is 0.158. The van der Waals surface area contributed by atoms with Gasteiger partial charge in [-0.3, -0.25) is 9.59 Å². The van der Waals surface area contributed by atoms with E-state index in [1.807, 2.05) is 0 Å². The minimum atomic E-state index is -4.45. The molecule has 2 rings (SSSR count). The zero-order valence-electron chi connectivity index (χ0n) is 13.9. The maximum Gasteiger partial charge on any atom is 0.416 e. The van der Waals surface area contributed by atoms with Crippen molar-refractivity contribution < 1.29 is 22.8 Å². The highest BCUT2D eigenvalue weighted by Crippen LogP contribution is 2.29. The van der Waals surface area contributed by atoms with Crippen LogP contribution >= 0.6 is 11.6 Å². The first-order valence-corrected chi connectivity index (χ1v) is 7.93. The van der Waals surface area contributed by atoms with E-state index in [0.717, 1.165) is 17.7 Å². The lowest BCUT2D eigenvalue weighted by molar-refractivity contribution is -0.137. The van der Waals surface area contributed by atoms with E-state index in [1.165, 1.54) is 25.1 Å². The Morgan fingerprint density at radius 3 is 2.23 bits per heavy atom. The fourth-order valence-corrected chi connectivity index (χ4v) is 2.35. The molecule has 0 radical (unpaired) electrons. The first-order chi connectivity index (χ1) is 12.1. The van der Waals surface area contributed by atoms with Crippen LogP contribution in [0.5, 0.6) is 0 Å². The van der Waals surface area contributed by atoms with Gasteiger partial charge in [0.15, 0.2) is 5.78 Å². The number of carbonyl (C=O) groups is 2. The Morgan fingerprint density at radius 1 is 1.08 bits per heavy atom. The van der Waals surface area contributed by atoms with Gasteiger partial charge in [0, 0.05) is 10.7 Å². The van der Waals surface area contributed by atoms with E-state index in [-0.39, 0.29) is 5.57 Å². The molecule has 0 saturated heterocycles. The summed E-state index contributed by atoms with van der Waals surface area (Å²) in [6.07, 6.45) is -3.20. The maximum atomic E-state index is 12.6. The van der Waals surface area contributed by atoms with E-state index < -0.39 is 23.4 Å². The van der Waals surface area contributed by atoms with Gasteiger partial charge in [-0.2, -0.15) is 13.2 Å². The van der Waals surface area contributed by atoms with Crippen LogP contribution in [0.3, 0.4) is 0 Å². The van der Waals surface area contributed by atoms with Crippen LogP contribution in [0.1, 0.15) is 23.6 Å². The summed E-state index contributed by atoms with van der Waals surface area (Å²) in [6.45, 7) is 2.97. The number of anilines is 1. The highest BCUT2D eigenvalue weighted by Gasteiger charge is 2.29. The summed E-state index contributed by atoms with van der Waals surface area (Å²) in [5.41, 5.74) is 0.519. The van der Waals surface area contributed by atoms with Gasteiger partial charge >= 0.3 is 6.18 Å². The highest BCUT2D eigenvalue weighted by atomic mass is 35.5. The summed E-state index contributed by atoms with van der Waals surface area (Å²) in [5, 5.41) is 3.01. The molecule has 7 heteroatoms. The van der Waals surface area contributed by atoms with Gasteiger partial charge in [0.1, 0.15) is 0 Å². The van der Waals surface area contributed by atoms with Gasteiger partial charge in [-0.15, -0.1) is 0 Å². The molecule has 136 valence electrons. The molecule has 1 amide bonds. The van der Waals surface area contributed by atoms with Crippen molar-refractivity contribution in [1.29, 1.82) is 0 Å². The summed E-state index contributed by atoms with van der Waals surface area (Å²) in [5.74, 6) is -1.18. The van der Waals surface area contributed by atoms with Crippen molar-refractivity contribution in [3.05, 3.63) is 69.8 Å². The number of carbonyl (C=O) groups excluding carboxylic acids is 2. The van der Waals surface area contributed by atoms with E-state index in [2.05, 4.69) is 5.32 Å². The number of nitrogens with one attached hydrogen (secondary N) is 1. The number of halogens is 4. The van der Waals surface area contributed by atoms with Crippen LogP contribution in [0.2, 0.25) is 5.02 Å². The third-order valence-electron chi connectivity index (χ3n) is 3.62. The second kappa shape index (κ2) is 7.74. The van der Waals surface area contributed by atoms with Crippen LogP contribution in [-0.4, -0.2) is 11.7 Å². The molecular formula is C19H15ClF3NO2. The molecule has 2 aromatic carbocycles. The molecule has 0 heterocycles. The smallest absolute Gasteiger partial charge is 0.322 e. The Morgan fingerprint density at radius 2 is 1.69 bits per heavy atom. The zero-order chi connectivity index (χ0) is 19.5. The van der Waals surface area contributed by atoms with Crippen molar-refractivity contribution in [3.8, 4) is 0 Å². The summed E-state index contributed by atoms with van der Waals surface area (Å²) in [7, 11) is 0. The second-order valence-corrected chi connectivity index (χ2v) is 6.08. The van der Waals surface area contributed by atoms with E-state index >= 15 is 0 Å². The molecule has 0 unspecified atom stereocenters. The van der Waals surface area contributed by atoms with Crippen molar-refractivity contribution in [2.24, 2.45) is 0 Å². The minimum absolute atomic E-state index is 0.177. The standard InChI is InChI=1S/C19H15ClF3NO2/c1-11-3-8-15(20)10-17(11)24-18(26)16(12(2)25)9-13-4-6-14(7-5-13)19(21,22)23/h3-10H,1-2H3,(H,24,26)/b16-9+. The van der Waals surface area contributed by atoms with Crippen LogP contribution in [0.25, 0.3) is 6.08 Å². The molecule has 0 bridgehead atoms. The molecular weight excluding hydrogens is 367 g/mol. The quantitative estimate of drug-likeness (QED) is 0.445. The monoisotopic (exact) mass is 381 g/mol. The number of amides is 1. The number of benzene rings is 2. The van der Waals surface area contributed by atoms with E-state index in [9.17, 15) is 22.8 Å². The molecule has 3 nitrogen and oxygen atoms in total. The number of aryl methyl sites for hydroxylation is 1. The Hall–Kier alpha value is -2.60. The predicted molar refractivity (Wildman–Crippen MR) is 94.9 cm³/mol. The van der Waals surface area contributed by atoms with Gasteiger partial charge in [0.05, 0.1) is 11.1 Å². The van der Waals surface area contributed by atoms with Crippen molar-refractivity contribution in [2.45, 2.75) is 20.0 Å². The third kappa shape index (κ3) is 4.95. The molecule has 0 aliphatic heterocycles. The van der Waals surface area contributed by atoms with Crippen molar-refractivity contribution in [1.82, 2.24) is 0 Å². The van der Waals surface area contributed by atoms with Crippen LogP contribution < -0.4 is 5.32 Å². The number of hydrogen-bond acceptors (Lipinski definition) is 2. The van der Waals surface area contributed by atoms with E-state index in [4.69, 9.17) is 11.6 Å². The minimum Gasteiger partial charge on any atom is -0.322 e. The topological polar surface area (TPSA) is 46.2 Å². The zero-order valence-corrected chi connectivity index (χ0v) is 14.7. The van der Waals surface area contributed by atoms with E-state index in [1.54, 1.807) is 25.1 Å². The van der Waals surface area contributed by atoms with Crippen LogP contribution in [-0.2, 0) is 15.8 Å². The lowest BCUT2D eigenvalue weighted by Crippen LogP contribution is -2.19. The number of rotatable bonds is 4. The Balaban J connectivity index is 2.30. The summed E-state index contributed by atoms with van der Waals surface area (Å²) in [4.78, 5) is 24.2. The molecule has 1 N–H and O–H groups in total. The largest absolute Gasteiger partial charge is 0.416 e. The highest BCUT2D eigenvalue weighted by molar-refractivity contribution is 6.31. The van der Waals surface area contributed by atoms with Crippen LogP contribution in [0.4, 0.5) is 18.9 Å². The van der Waals surface area contributed by atoms with Crippen molar-refractivity contribution in [3.63, 3.8) is 0 Å². The molecule has 0 aromatic heterocycles. The molecule has 0 aliphatic rings. The first-order valence-electron chi connectivity index (χ1n) is 7.55. The molecule has 2 aromatic rings. The van der Waals surface area contributed by atoms with Gasteiger partial charge in [-0.1, -0.05) is 29.8 Å². The Kier molecular flexibility index (Phi) is 5.87. The summed E-state index contributed by atoms with van der Waals surface area (Å²) in [6, 6.07) is 9.10. The number of alkyl halides is 3. The van der Waals surface area contributed by atoms with Gasteiger partial charge in [-0.05, 0) is 55.3 Å². The summed E-state index contributed by atoms with van der Waals surface area (Å²) >= 11 is 5.90. The van der Waals surface area contributed by atoms with E-state index in [0.29, 0.717) is 16.3 Å². The van der Waals surface area contributed by atoms with Gasteiger partial charge in [0.25, 0.3) is 5.91 Å². The van der Waals surface area contributed by atoms with Gasteiger partial charge in [-0.25, -0.2) is 0 Å². The average Bonchev–Trinajstić information content (AvgIpc) is 2.55. The van der Waals surface area contributed by atoms with Crippen molar-refractivity contribution in [2.75, 3.05) is 5.32 Å². The molecule has 0 fully saturated rings. The molecule has 0 saturated carbocycles. The summed E-state index contributed by atoms with van der Waals surface area (Å²) < 4.78 is 37.8. The third-order valence-corrected chi connectivity index (χ3v) is 3.86. The Bertz CT molecular complexity index is 871. The fourth-order valence-electron chi connectivity index (χ4n) is 2.18. The molecule has 0 atom stereocenters. The van der Waals surface area contributed by atoms with Gasteiger partial charge < -0.3 is 5.32 Å². The lowest BCUT2D eigenvalue weighted by atomic mass is 10.0. The lowest BCUT2D eigenvalue weighted by Gasteiger charge is -2.10. The molecule has 0 aliphatic carbocycles. The SMILES string of the molecule is CC(=O)/C(=C\c1ccc(C(F)(F)F)cc1)C(=O)Nc1cc(Cl)ccc1C. The second-order valence-electron chi connectivity index (χ2n) is 5.65. The molecule has 0 spiro atoms. The average molecular weight is 382 g/mol. The Labute approximate surface area is 153 Å². The predicted octanol–water partition coefficient (Wildman–Crippen LogP) is 5.28. The van der Waals surface area contributed by atoms with Crippen molar-refractivity contribution >= 4 is 35.1 Å². The maximum absolute atomic E-state index is 12.6. The first kappa shape index (κ1) is 19.7. The normalized spacial score (nSPS) is 12.0. The van der Waals surface area contributed by atoms with Gasteiger partial charge in [0.2, 0.25) is 0 Å². The van der Waals surface area contributed by atoms with Crippen LogP contribution in [0, 0.1) is 6.92 Å². The number of Topliss-reactive ketones (excluding diaryl/α,β-unsaturated/α-hetero) is 1. The van der Waals surface area contributed by atoms with Crippen LogP contribution in [0.15, 0.2) is 48.0 Å².